The Labute approximate surface area is 233 Å². The van der Waals surface area contributed by atoms with Gasteiger partial charge in [-0.2, -0.15) is 0 Å². The molecule has 4 nitrogen and oxygen atoms in total. The Balaban J connectivity index is 0.000000356. The van der Waals surface area contributed by atoms with E-state index in [1.807, 2.05) is 6.20 Å². The van der Waals surface area contributed by atoms with Crippen LogP contribution in [0.15, 0.2) is 96.9 Å². The van der Waals surface area contributed by atoms with Crippen LogP contribution >= 0.6 is 11.3 Å². The van der Waals surface area contributed by atoms with Crippen LogP contribution in [0.5, 0.6) is 0 Å². The topological polar surface area (TPSA) is 55.1 Å². The zero-order valence-electron chi connectivity index (χ0n) is 20.7. The van der Waals surface area contributed by atoms with E-state index in [4.69, 9.17) is 10.1 Å². The van der Waals surface area contributed by atoms with Crippen LogP contribution in [-0.4, -0.2) is 20.4 Å². The Hall–Kier alpha value is -3.57. The van der Waals surface area contributed by atoms with E-state index in [0.29, 0.717) is 0 Å². The summed E-state index contributed by atoms with van der Waals surface area (Å²) >= 11 is 1.80. The van der Waals surface area contributed by atoms with Crippen molar-refractivity contribution in [2.45, 2.75) is 13.8 Å². The molecule has 0 saturated heterocycles. The molecule has 37 heavy (non-hydrogen) atoms. The SMILES string of the molecule is CC(=O)/C=C(/C)O.Cn1c2ccccc2c2c[c-]c(-c3nccc4cc(-c5ccccc5)sc34)cc21.[Ir]. The molecule has 0 unspecified atom stereocenters. The van der Waals surface area contributed by atoms with Gasteiger partial charge in [0.25, 0.3) is 0 Å². The molecule has 187 valence electrons. The van der Waals surface area contributed by atoms with Crippen molar-refractivity contribution in [2.24, 2.45) is 7.05 Å². The van der Waals surface area contributed by atoms with Crippen molar-refractivity contribution in [3.63, 3.8) is 0 Å². The molecule has 0 aliphatic heterocycles. The quantitative estimate of drug-likeness (QED) is 0.117. The van der Waals surface area contributed by atoms with E-state index >= 15 is 0 Å². The van der Waals surface area contributed by atoms with Gasteiger partial charge in [0.2, 0.25) is 0 Å². The summed E-state index contributed by atoms with van der Waals surface area (Å²) in [6.45, 7) is 2.85. The molecule has 0 bridgehead atoms. The Morgan fingerprint density at radius 1 is 0.973 bits per heavy atom. The van der Waals surface area contributed by atoms with Crippen molar-refractivity contribution in [1.82, 2.24) is 9.55 Å². The van der Waals surface area contributed by atoms with Crippen molar-refractivity contribution in [1.29, 1.82) is 0 Å². The fourth-order valence-electron chi connectivity index (χ4n) is 4.43. The Kier molecular flexibility index (Phi) is 8.03. The predicted octanol–water partition coefficient (Wildman–Crippen LogP) is 8.11. The molecular formula is C31H25IrN2O2S-. The number of benzene rings is 3. The van der Waals surface area contributed by atoms with Crippen molar-refractivity contribution in [3.8, 4) is 21.7 Å². The van der Waals surface area contributed by atoms with Gasteiger partial charge in [-0.3, -0.25) is 4.79 Å². The summed E-state index contributed by atoms with van der Waals surface area (Å²) in [6.07, 6.45) is 3.07. The third-order valence-electron chi connectivity index (χ3n) is 6.01. The maximum absolute atomic E-state index is 10.0. The second-order valence-electron chi connectivity index (χ2n) is 8.67. The number of hydrogen-bond acceptors (Lipinski definition) is 4. The summed E-state index contributed by atoms with van der Waals surface area (Å²) in [5, 5.41) is 12.1. The Morgan fingerprint density at radius 3 is 2.41 bits per heavy atom. The van der Waals surface area contributed by atoms with Gasteiger partial charge < -0.3 is 14.7 Å². The number of hydrogen-bond donors (Lipinski definition) is 1. The van der Waals surface area contributed by atoms with Crippen molar-refractivity contribution in [3.05, 3.63) is 103 Å². The van der Waals surface area contributed by atoms with Gasteiger partial charge in [0.05, 0.1) is 5.76 Å². The molecule has 3 aromatic carbocycles. The number of aliphatic hydroxyl groups excluding tert-OH is 1. The van der Waals surface area contributed by atoms with Crippen LogP contribution in [-0.2, 0) is 31.9 Å². The van der Waals surface area contributed by atoms with E-state index in [9.17, 15) is 4.79 Å². The molecule has 3 aromatic heterocycles. The smallest absolute Gasteiger partial charge is 0.155 e. The number of allylic oxidation sites excluding steroid dienone is 2. The van der Waals surface area contributed by atoms with E-state index in [-0.39, 0.29) is 31.6 Å². The fourth-order valence-corrected chi connectivity index (χ4v) is 5.59. The second-order valence-corrected chi connectivity index (χ2v) is 9.72. The van der Waals surface area contributed by atoms with Crippen molar-refractivity contribution < 1.29 is 30.0 Å². The molecule has 0 aliphatic rings. The molecule has 0 atom stereocenters. The number of aliphatic hydroxyl groups is 1. The fraction of sp³-hybridized carbons (Fsp3) is 0.0968. The normalized spacial score (nSPS) is 11.3. The van der Waals surface area contributed by atoms with Crippen LogP contribution in [0.4, 0.5) is 0 Å². The van der Waals surface area contributed by atoms with Gasteiger partial charge >= 0.3 is 0 Å². The predicted molar refractivity (Wildman–Crippen MR) is 150 cm³/mol. The molecule has 0 spiro atoms. The minimum atomic E-state index is -0.125. The third-order valence-corrected chi connectivity index (χ3v) is 7.21. The molecule has 0 aliphatic carbocycles. The number of para-hydroxylation sites is 1. The summed E-state index contributed by atoms with van der Waals surface area (Å²) in [7, 11) is 2.13. The van der Waals surface area contributed by atoms with Crippen LogP contribution in [0.1, 0.15) is 13.8 Å². The van der Waals surface area contributed by atoms with Crippen molar-refractivity contribution in [2.75, 3.05) is 0 Å². The molecule has 3 heterocycles. The van der Waals surface area contributed by atoms with E-state index < -0.39 is 0 Å². The first-order chi connectivity index (χ1) is 17.4. The molecule has 1 N–H and O–H groups in total. The number of pyridine rings is 1. The summed E-state index contributed by atoms with van der Waals surface area (Å²) < 4.78 is 3.46. The zero-order valence-corrected chi connectivity index (χ0v) is 23.9. The van der Waals surface area contributed by atoms with Gasteiger partial charge in [-0.1, -0.05) is 53.9 Å². The summed E-state index contributed by atoms with van der Waals surface area (Å²) in [6, 6.07) is 31.3. The number of aryl methyl sites for hydroxylation is 1. The molecule has 0 saturated carbocycles. The standard InChI is InChI=1S/C26H17N2S.C5H8O2.Ir/c1-28-22-10-6-5-9-20(22)21-12-11-18(15-23(21)28)25-26-19(13-14-27-25)16-24(29-26)17-7-3-2-4-8-17;1-4(6)3-5(2)7;/h2-10,12-16H,1H3;3,6H,1-2H3;/q-1;;/b;4-3-;. The van der Waals surface area contributed by atoms with E-state index in [1.165, 1.54) is 62.3 Å². The van der Waals surface area contributed by atoms with Gasteiger partial charge in [-0.05, 0) is 53.9 Å². The first-order valence-electron chi connectivity index (χ1n) is 11.6. The Morgan fingerprint density at radius 2 is 1.70 bits per heavy atom. The monoisotopic (exact) mass is 682 g/mol. The number of thiophene rings is 1. The van der Waals surface area contributed by atoms with Gasteiger partial charge in [-0.15, -0.1) is 35.1 Å². The zero-order chi connectivity index (χ0) is 25.2. The third kappa shape index (κ3) is 5.42. The second kappa shape index (κ2) is 11.2. The summed E-state index contributed by atoms with van der Waals surface area (Å²) in [5.41, 5.74) is 5.73. The molecule has 0 fully saturated rings. The van der Waals surface area contributed by atoms with E-state index in [0.717, 1.165) is 11.3 Å². The molecule has 6 heteroatoms. The maximum Gasteiger partial charge on any atom is 0.155 e. The first-order valence-corrected chi connectivity index (χ1v) is 12.4. The molecule has 1 radical (unpaired) electrons. The van der Waals surface area contributed by atoms with Crippen LogP contribution in [0.2, 0.25) is 0 Å². The average molecular weight is 682 g/mol. The van der Waals surface area contributed by atoms with Gasteiger partial charge in [0.15, 0.2) is 5.78 Å². The molecule has 6 aromatic rings. The number of rotatable bonds is 3. The van der Waals surface area contributed by atoms with E-state index in [1.54, 1.807) is 11.3 Å². The minimum Gasteiger partial charge on any atom is -0.512 e. The van der Waals surface area contributed by atoms with Crippen LogP contribution in [0.3, 0.4) is 0 Å². The number of carbonyl (C=O) groups is 1. The van der Waals surface area contributed by atoms with Crippen LogP contribution < -0.4 is 0 Å². The van der Waals surface area contributed by atoms with Crippen LogP contribution in [0, 0.1) is 6.07 Å². The largest absolute Gasteiger partial charge is 0.512 e. The van der Waals surface area contributed by atoms with Crippen LogP contribution in [0.25, 0.3) is 53.6 Å². The van der Waals surface area contributed by atoms with Gasteiger partial charge in [0, 0.05) is 60.2 Å². The number of aromatic nitrogens is 2. The van der Waals surface area contributed by atoms with E-state index in [2.05, 4.69) is 96.5 Å². The molecule has 6 rings (SSSR count). The summed E-state index contributed by atoms with van der Waals surface area (Å²) in [4.78, 5) is 16.0. The number of nitrogens with zero attached hydrogens (tertiary/aromatic N) is 2. The Bertz CT molecular complexity index is 1750. The summed E-state index contributed by atoms with van der Waals surface area (Å²) in [5.74, 6) is -0.0625. The number of ketones is 1. The van der Waals surface area contributed by atoms with Crippen molar-refractivity contribution >= 4 is 49.0 Å². The maximum atomic E-state index is 10.0. The van der Waals surface area contributed by atoms with Gasteiger partial charge in [-0.25, -0.2) is 0 Å². The molecule has 0 amide bonds. The van der Waals surface area contributed by atoms with Gasteiger partial charge in [0.1, 0.15) is 0 Å². The molecular weight excluding hydrogens is 657 g/mol. The minimum absolute atomic E-state index is 0. The number of fused-ring (bicyclic) bond motifs is 4. The number of carbonyl (C=O) groups excluding carboxylic acids is 1. The first kappa shape index (κ1) is 26.5. The average Bonchev–Trinajstić information content (AvgIpc) is 3.44.